The van der Waals surface area contributed by atoms with Gasteiger partial charge in [-0.2, -0.15) is 0 Å². The van der Waals surface area contributed by atoms with Gasteiger partial charge in [-0.3, -0.25) is 34.1 Å². The Hall–Kier alpha value is -4.98. The number of piperidine rings is 1. The van der Waals surface area contributed by atoms with E-state index in [9.17, 15) is 14.7 Å². The summed E-state index contributed by atoms with van der Waals surface area (Å²) in [5.41, 5.74) is 15.3. The number of ketones is 2. The topological polar surface area (TPSA) is 131 Å². The van der Waals surface area contributed by atoms with E-state index in [1.165, 1.54) is 48.9 Å². The molecule has 0 radical (unpaired) electrons. The summed E-state index contributed by atoms with van der Waals surface area (Å²) in [6.45, 7) is 41.7. The second-order valence-electron chi connectivity index (χ2n) is 20.3. The molecule has 1 aromatic heterocycles. The number of likely N-dealkylation sites (tertiary alicyclic amines) is 1. The Labute approximate surface area is 476 Å². The highest BCUT2D eigenvalue weighted by molar-refractivity contribution is 5.94. The van der Waals surface area contributed by atoms with Crippen molar-refractivity contribution < 1.29 is 19.5 Å². The summed E-state index contributed by atoms with van der Waals surface area (Å²) in [6, 6.07) is 18.9. The van der Waals surface area contributed by atoms with Crippen LogP contribution in [0.15, 0.2) is 95.7 Å². The van der Waals surface area contributed by atoms with Crippen molar-refractivity contribution in [3.05, 3.63) is 113 Å². The lowest BCUT2D eigenvalue weighted by molar-refractivity contribution is -0.120. The quantitative estimate of drug-likeness (QED) is 0.0345. The molecular formula is C66H110N8O4. The van der Waals surface area contributed by atoms with Gasteiger partial charge in [0, 0.05) is 95.6 Å². The SMILES string of the molecule is C=C(/C=C(\C)C(C)N1CCC(c2ccc(C(C)=O)cc2)CC1)/C(=C\C=NC)c1ccc(N)nc1.CC.CC.CC.CCCC(CCC)CN1CCN(Cc2ccc(N(OC)C(CCCO)C(C)=O)c(N(C)CCC)c2)CC1C. The number of anilines is 3. The Kier molecular flexibility index (Phi) is 36.6. The molecule has 12 nitrogen and oxygen atoms in total. The van der Waals surface area contributed by atoms with Crippen molar-refractivity contribution in [3.63, 3.8) is 0 Å². The summed E-state index contributed by atoms with van der Waals surface area (Å²) in [6.07, 6.45) is 17.3. The van der Waals surface area contributed by atoms with Crippen molar-refractivity contribution in [1.29, 1.82) is 0 Å². The lowest BCUT2D eigenvalue weighted by Gasteiger charge is -2.41. The van der Waals surface area contributed by atoms with Gasteiger partial charge in [0.15, 0.2) is 11.6 Å². The zero-order valence-electron chi connectivity index (χ0n) is 52.2. The van der Waals surface area contributed by atoms with Gasteiger partial charge in [-0.15, -0.1) is 0 Å². The molecule has 2 aliphatic rings. The molecule has 5 rings (SSSR count). The van der Waals surface area contributed by atoms with E-state index in [1.54, 1.807) is 51.5 Å². The number of aliphatic imine (C=N–C) groups is 1. The third-order valence-corrected chi connectivity index (χ3v) is 14.7. The molecule has 2 aromatic carbocycles. The molecule has 0 spiro atoms. The molecule has 2 fully saturated rings. The molecule has 0 saturated carbocycles. The number of hydroxylamine groups is 1. The number of piperazine rings is 1. The van der Waals surface area contributed by atoms with E-state index in [2.05, 4.69) is 121 Å². The number of aliphatic hydroxyl groups excluding tert-OH is 1. The number of pyridine rings is 1. The molecule has 3 atom stereocenters. The maximum Gasteiger partial charge on any atom is 0.159 e. The largest absolute Gasteiger partial charge is 0.396 e. The summed E-state index contributed by atoms with van der Waals surface area (Å²) >= 11 is 0. The van der Waals surface area contributed by atoms with E-state index in [1.807, 2.05) is 65.8 Å². The summed E-state index contributed by atoms with van der Waals surface area (Å²) < 4.78 is 0. The van der Waals surface area contributed by atoms with Gasteiger partial charge in [0.2, 0.25) is 0 Å². The predicted molar refractivity (Wildman–Crippen MR) is 337 cm³/mol. The van der Waals surface area contributed by atoms with Crippen LogP contribution in [-0.2, 0) is 16.2 Å². The maximum absolute atomic E-state index is 12.5. The maximum atomic E-state index is 12.5. The fourth-order valence-electron chi connectivity index (χ4n) is 10.5. The van der Waals surface area contributed by atoms with Crippen LogP contribution < -0.4 is 15.7 Å². The number of aromatic nitrogens is 1. The molecule has 2 saturated heterocycles. The van der Waals surface area contributed by atoms with Crippen molar-refractivity contribution in [2.45, 2.75) is 185 Å². The zero-order valence-corrected chi connectivity index (χ0v) is 52.2. The monoisotopic (exact) mass is 1080 g/mol. The molecule has 3 unspecified atom stereocenters. The van der Waals surface area contributed by atoms with Crippen LogP contribution in [0.25, 0.3) is 5.57 Å². The third kappa shape index (κ3) is 23.4. The lowest BCUT2D eigenvalue weighted by Crippen LogP contribution is -2.52. The first-order chi connectivity index (χ1) is 37.6. The number of aliphatic hydroxyl groups is 1. The lowest BCUT2D eigenvalue weighted by atomic mass is 9.87. The minimum Gasteiger partial charge on any atom is -0.396 e. The minimum atomic E-state index is -0.426. The second kappa shape index (κ2) is 40.2. The van der Waals surface area contributed by atoms with Gasteiger partial charge < -0.3 is 15.7 Å². The van der Waals surface area contributed by atoms with Gasteiger partial charge in [-0.05, 0) is 157 Å². The first kappa shape index (κ1) is 71.0. The van der Waals surface area contributed by atoms with Gasteiger partial charge in [-0.25, -0.2) is 10.0 Å². The van der Waals surface area contributed by atoms with Crippen molar-refractivity contribution >= 4 is 40.5 Å². The average molecular weight is 1080 g/mol. The Morgan fingerprint density at radius 2 is 1.51 bits per heavy atom. The number of hydrogen-bond donors (Lipinski definition) is 2. The number of carbonyl (C=O) groups excluding carboxylic acids is 2. The first-order valence-corrected chi connectivity index (χ1v) is 29.9. The standard InChI is InChI=1S/C31H56N4O3.C29H36N4O.3C2H6/c1-8-12-27(13-9-2)24-34-19-18-33(22-25(34)4)23-28-15-16-30(31(21-28)32(6)17-10-3)35(38-7)29(26(5)37)14-11-20-36;1-20(18-21(2)28(12-15-31-5)27-10-11-29(30)32-19-27)22(3)33-16-13-26(14-17-33)25-8-6-24(7-9-25)23(4)34;3*1-2/h15-16,21,25,27,29,36H,8-14,17-20,22-24H2,1-7H3;6-12,15,18-19,22,26H,2,13-14,16-17H2,1,3-5H3,(H2,30,32);3*1-2H3/b;20-18+,28-12+,31-15?;;;. The average Bonchev–Trinajstić information content (AvgIpc) is 3.45. The predicted octanol–water partition coefficient (Wildman–Crippen LogP) is 14.2. The molecule has 2 aliphatic heterocycles. The summed E-state index contributed by atoms with van der Waals surface area (Å²) in [5, 5.41) is 11.1. The number of nitrogens with zero attached hydrogens (tertiary/aromatic N) is 7. The molecule has 78 heavy (non-hydrogen) atoms. The smallest absolute Gasteiger partial charge is 0.159 e. The van der Waals surface area contributed by atoms with Gasteiger partial charge in [0.25, 0.3) is 0 Å². The highest BCUT2D eigenvalue weighted by Gasteiger charge is 2.29. The van der Waals surface area contributed by atoms with Crippen molar-refractivity contribution in [3.8, 4) is 0 Å². The van der Waals surface area contributed by atoms with Crippen LogP contribution in [0.5, 0.6) is 0 Å². The van der Waals surface area contributed by atoms with E-state index in [4.69, 9.17) is 10.6 Å². The van der Waals surface area contributed by atoms with Crippen LogP contribution in [0.4, 0.5) is 17.2 Å². The molecular weight excluding hydrogens is 969 g/mol. The molecule has 3 N–H and O–H groups in total. The normalized spacial score (nSPS) is 16.3. The second-order valence-corrected chi connectivity index (χ2v) is 20.3. The number of nitrogen functional groups attached to an aromatic ring is 1. The minimum absolute atomic E-state index is 0.0421. The van der Waals surface area contributed by atoms with Gasteiger partial charge in [0.1, 0.15) is 11.9 Å². The van der Waals surface area contributed by atoms with Crippen LogP contribution in [0.1, 0.15) is 188 Å². The van der Waals surface area contributed by atoms with Crippen molar-refractivity contribution in [1.82, 2.24) is 19.7 Å². The zero-order chi connectivity index (χ0) is 58.7. The molecule has 3 heterocycles. The van der Waals surface area contributed by atoms with E-state index < -0.39 is 6.04 Å². The van der Waals surface area contributed by atoms with Crippen LogP contribution in [0.3, 0.4) is 0 Å². The Bertz CT molecular complexity index is 2210. The summed E-state index contributed by atoms with van der Waals surface area (Å²) in [4.78, 5) is 48.3. The molecule has 438 valence electrons. The number of hydrogen-bond acceptors (Lipinski definition) is 12. The Morgan fingerprint density at radius 1 is 0.885 bits per heavy atom. The number of nitrogens with two attached hydrogens (primary N) is 1. The van der Waals surface area contributed by atoms with Crippen LogP contribution in [0, 0.1) is 5.92 Å². The summed E-state index contributed by atoms with van der Waals surface area (Å²) in [7, 11) is 5.49. The molecule has 12 heteroatoms. The third-order valence-electron chi connectivity index (χ3n) is 14.7. The number of rotatable bonds is 26. The van der Waals surface area contributed by atoms with Crippen LogP contribution in [0.2, 0.25) is 0 Å². The number of Topliss-reactive ketones (excluding diaryl/α,β-unsaturated/α-hetero) is 2. The van der Waals surface area contributed by atoms with Gasteiger partial charge >= 0.3 is 0 Å². The van der Waals surface area contributed by atoms with Gasteiger partial charge in [0.05, 0.1) is 18.5 Å². The molecule has 0 aliphatic carbocycles. The van der Waals surface area contributed by atoms with E-state index >= 15 is 0 Å². The van der Waals surface area contributed by atoms with E-state index in [-0.39, 0.29) is 18.2 Å². The highest BCUT2D eigenvalue weighted by atomic mass is 16.7. The number of carbonyl (C=O) groups is 2. The fraction of sp³-hybridized carbons (Fsp3) is 0.606. The Balaban J connectivity index is 0.000000715. The van der Waals surface area contributed by atoms with Crippen molar-refractivity contribution in [2.75, 3.05) is 89.3 Å². The van der Waals surface area contributed by atoms with E-state index in [0.29, 0.717) is 36.7 Å². The van der Waals surface area contributed by atoms with Crippen LogP contribution >= 0.6 is 0 Å². The molecule has 0 bridgehead atoms. The van der Waals surface area contributed by atoms with E-state index in [0.717, 1.165) is 105 Å². The molecule has 3 aromatic rings. The number of allylic oxidation sites excluding steroid dienone is 4. The van der Waals surface area contributed by atoms with Crippen molar-refractivity contribution in [2.24, 2.45) is 10.9 Å². The van der Waals surface area contributed by atoms with Crippen LogP contribution in [-0.4, -0.2) is 134 Å². The Morgan fingerprint density at radius 3 is 2.03 bits per heavy atom. The molecule has 0 amide bonds. The first-order valence-electron chi connectivity index (χ1n) is 29.9. The highest BCUT2D eigenvalue weighted by Crippen LogP contribution is 2.35. The summed E-state index contributed by atoms with van der Waals surface area (Å²) in [5.74, 6) is 2.02. The number of benzene rings is 2. The van der Waals surface area contributed by atoms with Gasteiger partial charge in [-0.1, -0.05) is 124 Å². The fourth-order valence-corrected chi connectivity index (χ4v) is 10.5.